The van der Waals surface area contributed by atoms with Crippen molar-refractivity contribution in [3.05, 3.63) is 0 Å². The lowest BCUT2D eigenvalue weighted by Gasteiger charge is -2.32. The SMILES string of the molecule is COCCN(CC1C(O)C(C)(C)OC1(C)C)C1CC1. The van der Waals surface area contributed by atoms with Crippen molar-refractivity contribution in [2.75, 3.05) is 26.8 Å². The molecule has 2 atom stereocenters. The zero-order valence-electron chi connectivity index (χ0n) is 13.0. The van der Waals surface area contributed by atoms with Crippen LogP contribution in [-0.2, 0) is 9.47 Å². The van der Waals surface area contributed by atoms with Crippen LogP contribution >= 0.6 is 0 Å². The second kappa shape index (κ2) is 5.32. The van der Waals surface area contributed by atoms with Crippen molar-refractivity contribution in [3.63, 3.8) is 0 Å². The van der Waals surface area contributed by atoms with Gasteiger partial charge in [-0.25, -0.2) is 0 Å². The fourth-order valence-electron chi connectivity index (χ4n) is 3.32. The lowest BCUT2D eigenvalue weighted by molar-refractivity contribution is -0.0914. The first-order valence-electron chi connectivity index (χ1n) is 7.39. The molecule has 1 aliphatic carbocycles. The van der Waals surface area contributed by atoms with Crippen LogP contribution in [0.3, 0.4) is 0 Å². The lowest BCUT2D eigenvalue weighted by atomic mass is 9.84. The van der Waals surface area contributed by atoms with Crippen LogP contribution in [0.1, 0.15) is 40.5 Å². The first-order valence-corrected chi connectivity index (χ1v) is 7.39. The van der Waals surface area contributed by atoms with Gasteiger partial charge in [0, 0.05) is 32.2 Å². The number of aliphatic hydroxyl groups is 1. The average Bonchev–Trinajstić information content (AvgIpc) is 3.08. The number of methoxy groups -OCH3 is 1. The maximum absolute atomic E-state index is 10.5. The van der Waals surface area contributed by atoms with E-state index in [9.17, 15) is 5.11 Å². The molecule has 2 fully saturated rings. The topological polar surface area (TPSA) is 41.9 Å². The maximum atomic E-state index is 10.5. The number of ether oxygens (including phenoxy) is 2. The van der Waals surface area contributed by atoms with Crippen molar-refractivity contribution in [2.45, 2.75) is 63.9 Å². The monoisotopic (exact) mass is 271 g/mol. The minimum atomic E-state index is -0.454. The number of rotatable bonds is 6. The standard InChI is InChI=1S/C15H29NO3/c1-14(2)12(13(17)15(3,4)19-14)10-16(8-9-18-5)11-6-7-11/h11-13,17H,6-10H2,1-5H3. The van der Waals surface area contributed by atoms with Crippen molar-refractivity contribution >= 4 is 0 Å². The molecule has 1 heterocycles. The number of hydrogen-bond donors (Lipinski definition) is 1. The highest BCUT2D eigenvalue weighted by atomic mass is 16.5. The summed E-state index contributed by atoms with van der Waals surface area (Å²) in [5.74, 6) is 0.153. The normalized spacial score (nSPS) is 33.0. The molecule has 2 rings (SSSR count). The minimum Gasteiger partial charge on any atom is -0.390 e. The van der Waals surface area contributed by atoms with Crippen LogP contribution in [0.25, 0.3) is 0 Å². The van der Waals surface area contributed by atoms with Crippen LogP contribution in [0.4, 0.5) is 0 Å². The van der Waals surface area contributed by atoms with Gasteiger partial charge in [-0.2, -0.15) is 0 Å². The first-order chi connectivity index (χ1) is 8.78. The highest BCUT2D eigenvalue weighted by molar-refractivity contribution is 5.03. The van der Waals surface area contributed by atoms with E-state index in [0.717, 1.165) is 19.7 Å². The number of aliphatic hydroxyl groups excluding tert-OH is 1. The third-order valence-electron chi connectivity index (χ3n) is 4.59. The van der Waals surface area contributed by atoms with Crippen molar-refractivity contribution < 1.29 is 14.6 Å². The zero-order chi connectivity index (χ0) is 14.3. The molecule has 4 heteroatoms. The van der Waals surface area contributed by atoms with Crippen LogP contribution in [0.5, 0.6) is 0 Å². The van der Waals surface area contributed by atoms with E-state index in [1.807, 2.05) is 13.8 Å². The van der Waals surface area contributed by atoms with E-state index in [0.29, 0.717) is 6.04 Å². The molecule has 0 aromatic heterocycles. The third-order valence-corrected chi connectivity index (χ3v) is 4.59. The predicted octanol–water partition coefficient (Wildman–Crippen LogP) is 1.66. The smallest absolute Gasteiger partial charge is 0.0896 e. The van der Waals surface area contributed by atoms with Gasteiger partial charge >= 0.3 is 0 Å². The molecule has 0 bridgehead atoms. The summed E-state index contributed by atoms with van der Waals surface area (Å²) >= 11 is 0. The van der Waals surface area contributed by atoms with Crippen molar-refractivity contribution in [1.29, 1.82) is 0 Å². The molecule has 2 aliphatic rings. The molecule has 4 nitrogen and oxygen atoms in total. The van der Waals surface area contributed by atoms with E-state index in [1.165, 1.54) is 12.8 Å². The molecule has 19 heavy (non-hydrogen) atoms. The van der Waals surface area contributed by atoms with Gasteiger partial charge in [-0.15, -0.1) is 0 Å². The highest BCUT2D eigenvalue weighted by Crippen LogP contribution is 2.43. The average molecular weight is 271 g/mol. The fraction of sp³-hybridized carbons (Fsp3) is 1.00. The molecule has 0 amide bonds. The van der Waals surface area contributed by atoms with Crippen molar-refractivity contribution in [3.8, 4) is 0 Å². The van der Waals surface area contributed by atoms with E-state index >= 15 is 0 Å². The molecule has 1 N–H and O–H groups in total. The lowest BCUT2D eigenvalue weighted by Crippen LogP contribution is -2.45. The van der Waals surface area contributed by atoms with Gasteiger partial charge in [-0.05, 0) is 40.5 Å². The molecule has 112 valence electrons. The quantitative estimate of drug-likeness (QED) is 0.798. The maximum Gasteiger partial charge on any atom is 0.0896 e. The fourth-order valence-corrected chi connectivity index (χ4v) is 3.32. The highest BCUT2D eigenvalue weighted by Gasteiger charge is 2.54. The third kappa shape index (κ3) is 3.30. The molecule has 2 unspecified atom stereocenters. The van der Waals surface area contributed by atoms with E-state index in [-0.39, 0.29) is 11.5 Å². The predicted molar refractivity (Wildman–Crippen MR) is 75.2 cm³/mol. The Bertz CT molecular complexity index is 313. The van der Waals surface area contributed by atoms with Gasteiger partial charge in [0.1, 0.15) is 0 Å². The summed E-state index contributed by atoms with van der Waals surface area (Å²) in [5, 5.41) is 10.5. The molecule has 0 aromatic rings. The van der Waals surface area contributed by atoms with Crippen molar-refractivity contribution in [1.82, 2.24) is 4.90 Å². The Morgan fingerprint density at radius 2 is 1.84 bits per heavy atom. The Balaban J connectivity index is 2.03. The summed E-state index contributed by atoms with van der Waals surface area (Å²) in [4.78, 5) is 2.46. The van der Waals surface area contributed by atoms with Gasteiger partial charge in [0.25, 0.3) is 0 Å². The summed E-state index contributed by atoms with van der Waals surface area (Å²) in [7, 11) is 1.74. The Labute approximate surface area is 117 Å². The van der Waals surface area contributed by atoms with Crippen LogP contribution in [-0.4, -0.2) is 60.2 Å². The van der Waals surface area contributed by atoms with Gasteiger partial charge in [0.2, 0.25) is 0 Å². The Morgan fingerprint density at radius 1 is 1.21 bits per heavy atom. The molecular weight excluding hydrogens is 242 g/mol. The van der Waals surface area contributed by atoms with Gasteiger partial charge in [-0.3, -0.25) is 4.90 Å². The van der Waals surface area contributed by atoms with Crippen molar-refractivity contribution in [2.24, 2.45) is 5.92 Å². The Kier molecular flexibility index (Phi) is 4.26. The largest absolute Gasteiger partial charge is 0.390 e. The molecule has 0 aromatic carbocycles. The first kappa shape index (κ1) is 15.2. The molecule has 1 saturated carbocycles. The van der Waals surface area contributed by atoms with E-state index < -0.39 is 11.7 Å². The molecule has 0 radical (unpaired) electrons. The summed E-state index contributed by atoms with van der Waals surface area (Å²) < 4.78 is 11.3. The molecule has 1 saturated heterocycles. The van der Waals surface area contributed by atoms with Crippen LogP contribution < -0.4 is 0 Å². The van der Waals surface area contributed by atoms with Crippen LogP contribution in [0.15, 0.2) is 0 Å². The van der Waals surface area contributed by atoms with Gasteiger partial charge in [0.15, 0.2) is 0 Å². The Morgan fingerprint density at radius 3 is 2.26 bits per heavy atom. The molecular formula is C15H29NO3. The van der Waals surface area contributed by atoms with Gasteiger partial charge < -0.3 is 14.6 Å². The summed E-state index contributed by atoms with van der Waals surface area (Å²) in [6, 6.07) is 0.682. The van der Waals surface area contributed by atoms with E-state index in [2.05, 4.69) is 18.7 Å². The second-order valence-electron chi connectivity index (χ2n) is 7.08. The summed E-state index contributed by atoms with van der Waals surface area (Å²) in [6.07, 6.45) is 2.14. The van der Waals surface area contributed by atoms with Crippen LogP contribution in [0, 0.1) is 5.92 Å². The van der Waals surface area contributed by atoms with Gasteiger partial charge in [-0.1, -0.05) is 0 Å². The summed E-state index contributed by atoms with van der Waals surface area (Å²) in [5.41, 5.74) is -0.728. The van der Waals surface area contributed by atoms with E-state index in [4.69, 9.17) is 9.47 Å². The molecule has 0 spiro atoms. The van der Waals surface area contributed by atoms with E-state index in [1.54, 1.807) is 7.11 Å². The second-order valence-corrected chi connectivity index (χ2v) is 7.08. The molecule has 1 aliphatic heterocycles. The number of hydrogen-bond acceptors (Lipinski definition) is 4. The zero-order valence-corrected chi connectivity index (χ0v) is 13.0. The minimum absolute atomic E-state index is 0.153. The van der Waals surface area contributed by atoms with Crippen LogP contribution in [0.2, 0.25) is 0 Å². The summed E-state index contributed by atoms with van der Waals surface area (Å²) in [6.45, 7) is 10.7. The van der Waals surface area contributed by atoms with Gasteiger partial charge in [0.05, 0.1) is 23.9 Å². The Hall–Kier alpha value is -0.160. The number of nitrogens with zero attached hydrogens (tertiary/aromatic N) is 1.